The molecule has 0 saturated heterocycles. The zero-order chi connectivity index (χ0) is 12.3. The second kappa shape index (κ2) is 4.93. The summed E-state index contributed by atoms with van der Waals surface area (Å²) < 4.78 is 5.16. The van der Waals surface area contributed by atoms with E-state index in [1.54, 1.807) is 0 Å². The highest BCUT2D eigenvalue weighted by atomic mass is 16.5. The van der Waals surface area contributed by atoms with Gasteiger partial charge in [0.2, 0.25) is 5.89 Å². The van der Waals surface area contributed by atoms with Crippen molar-refractivity contribution >= 4 is 0 Å². The third kappa shape index (κ3) is 3.90. The maximum absolute atomic E-state index is 5.88. The molecule has 0 radical (unpaired) electrons. The maximum atomic E-state index is 5.88. The van der Waals surface area contributed by atoms with Gasteiger partial charge in [-0.25, -0.2) is 0 Å². The van der Waals surface area contributed by atoms with Crippen molar-refractivity contribution in [3.8, 4) is 0 Å². The molecule has 0 aliphatic rings. The Labute approximate surface area is 97.0 Å². The topological polar surface area (TPSA) is 68.2 Å². The van der Waals surface area contributed by atoms with E-state index in [9.17, 15) is 0 Å². The molecule has 0 atom stereocenters. The fourth-order valence-corrected chi connectivity index (χ4v) is 1.50. The fraction of sp³-hybridized carbons (Fsp3) is 0.818. The Morgan fingerprint density at radius 2 is 2.06 bits per heavy atom. The van der Waals surface area contributed by atoms with E-state index in [1.165, 1.54) is 0 Å². The standard InChI is InChI=1S/C11H22N4O/c1-8(2)6-15(5)7-9-13-10(14-16-9)11(3,4)12/h8H,6-7,12H2,1-5H3. The van der Waals surface area contributed by atoms with E-state index in [4.69, 9.17) is 10.3 Å². The van der Waals surface area contributed by atoms with Crippen LogP contribution in [0, 0.1) is 5.92 Å². The van der Waals surface area contributed by atoms with Gasteiger partial charge in [-0.05, 0) is 26.8 Å². The van der Waals surface area contributed by atoms with Crippen LogP contribution >= 0.6 is 0 Å². The third-order valence-corrected chi connectivity index (χ3v) is 2.13. The molecule has 0 spiro atoms. The normalized spacial score (nSPS) is 12.8. The molecule has 5 heteroatoms. The molecule has 0 amide bonds. The number of nitrogens with zero attached hydrogens (tertiary/aromatic N) is 3. The molecule has 0 saturated carbocycles. The van der Waals surface area contributed by atoms with Gasteiger partial charge in [-0.2, -0.15) is 4.98 Å². The van der Waals surface area contributed by atoms with Crippen LogP contribution in [0.5, 0.6) is 0 Å². The van der Waals surface area contributed by atoms with Gasteiger partial charge >= 0.3 is 0 Å². The number of nitrogens with two attached hydrogens (primary N) is 1. The van der Waals surface area contributed by atoms with Crippen molar-refractivity contribution < 1.29 is 4.52 Å². The molecule has 16 heavy (non-hydrogen) atoms. The second-order valence-electron chi connectivity index (χ2n) is 5.32. The molecule has 0 aliphatic heterocycles. The Bertz CT molecular complexity index is 327. The monoisotopic (exact) mass is 226 g/mol. The van der Waals surface area contributed by atoms with Crippen LogP contribution in [-0.4, -0.2) is 28.6 Å². The Morgan fingerprint density at radius 1 is 1.44 bits per heavy atom. The Balaban J connectivity index is 2.59. The number of rotatable bonds is 5. The molecule has 1 heterocycles. The largest absolute Gasteiger partial charge is 0.338 e. The Kier molecular flexibility index (Phi) is 4.04. The van der Waals surface area contributed by atoms with Gasteiger partial charge in [0.25, 0.3) is 0 Å². The van der Waals surface area contributed by atoms with Gasteiger partial charge in [0, 0.05) is 6.54 Å². The van der Waals surface area contributed by atoms with Crippen LogP contribution in [0.15, 0.2) is 4.52 Å². The molecule has 5 nitrogen and oxygen atoms in total. The van der Waals surface area contributed by atoms with Crippen molar-refractivity contribution in [2.75, 3.05) is 13.6 Å². The molecule has 0 aromatic carbocycles. The molecule has 92 valence electrons. The van der Waals surface area contributed by atoms with Gasteiger partial charge in [-0.1, -0.05) is 19.0 Å². The minimum Gasteiger partial charge on any atom is -0.338 e. The van der Waals surface area contributed by atoms with Crippen LogP contribution in [0.4, 0.5) is 0 Å². The van der Waals surface area contributed by atoms with Crippen LogP contribution in [0.25, 0.3) is 0 Å². The Hall–Kier alpha value is -0.940. The minimum atomic E-state index is -0.543. The molecule has 1 aromatic rings. The summed E-state index contributed by atoms with van der Waals surface area (Å²) in [5.41, 5.74) is 5.34. The van der Waals surface area contributed by atoms with Gasteiger partial charge in [0.05, 0.1) is 12.1 Å². The van der Waals surface area contributed by atoms with Gasteiger partial charge < -0.3 is 10.3 Å². The highest BCUT2D eigenvalue weighted by Crippen LogP contribution is 2.13. The number of hydrogen-bond donors (Lipinski definition) is 1. The smallest absolute Gasteiger partial charge is 0.240 e. The summed E-state index contributed by atoms with van der Waals surface area (Å²) in [7, 11) is 2.04. The predicted octanol–water partition coefficient (Wildman–Crippen LogP) is 1.35. The van der Waals surface area contributed by atoms with Crippen molar-refractivity contribution in [2.45, 2.75) is 39.8 Å². The first-order valence-electron chi connectivity index (χ1n) is 5.59. The minimum absolute atomic E-state index is 0.543. The first-order chi connectivity index (χ1) is 7.29. The molecule has 0 aliphatic carbocycles. The quantitative estimate of drug-likeness (QED) is 0.820. The highest BCUT2D eigenvalue weighted by Gasteiger charge is 2.21. The van der Waals surface area contributed by atoms with E-state index < -0.39 is 5.54 Å². The summed E-state index contributed by atoms with van der Waals surface area (Å²) in [6.45, 7) is 9.75. The summed E-state index contributed by atoms with van der Waals surface area (Å²) in [6.07, 6.45) is 0. The summed E-state index contributed by atoms with van der Waals surface area (Å²) in [6, 6.07) is 0. The van der Waals surface area contributed by atoms with Crippen molar-refractivity contribution in [3.63, 3.8) is 0 Å². The average Bonchev–Trinajstić information content (AvgIpc) is 2.49. The van der Waals surface area contributed by atoms with Gasteiger partial charge in [0.1, 0.15) is 0 Å². The summed E-state index contributed by atoms with van der Waals surface area (Å²) in [4.78, 5) is 6.44. The van der Waals surface area contributed by atoms with Crippen LogP contribution in [0.2, 0.25) is 0 Å². The van der Waals surface area contributed by atoms with Crippen LogP contribution in [0.1, 0.15) is 39.4 Å². The SMILES string of the molecule is CC(C)CN(C)Cc1nc(C(C)(C)N)no1. The van der Waals surface area contributed by atoms with Crippen molar-refractivity contribution in [1.29, 1.82) is 0 Å². The number of aromatic nitrogens is 2. The van der Waals surface area contributed by atoms with Crippen molar-refractivity contribution in [3.05, 3.63) is 11.7 Å². The summed E-state index contributed by atoms with van der Waals surface area (Å²) in [5, 5.41) is 3.88. The summed E-state index contributed by atoms with van der Waals surface area (Å²) in [5.74, 6) is 1.80. The molecule has 2 N–H and O–H groups in total. The fourth-order valence-electron chi connectivity index (χ4n) is 1.50. The zero-order valence-electron chi connectivity index (χ0n) is 10.8. The second-order valence-corrected chi connectivity index (χ2v) is 5.32. The van der Waals surface area contributed by atoms with E-state index in [1.807, 2.05) is 20.9 Å². The first-order valence-corrected chi connectivity index (χ1v) is 5.59. The lowest BCUT2D eigenvalue weighted by atomic mass is 10.1. The van der Waals surface area contributed by atoms with Crippen LogP contribution in [0.3, 0.4) is 0 Å². The Morgan fingerprint density at radius 3 is 2.50 bits per heavy atom. The van der Waals surface area contributed by atoms with Crippen LogP contribution in [-0.2, 0) is 12.1 Å². The van der Waals surface area contributed by atoms with Gasteiger partial charge in [-0.15, -0.1) is 0 Å². The highest BCUT2D eigenvalue weighted by molar-refractivity contribution is 4.98. The van der Waals surface area contributed by atoms with Crippen LogP contribution < -0.4 is 5.73 Å². The van der Waals surface area contributed by atoms with Crippen molar-refractivity contribution in [2.24, 2.45) is 11.7 Å². The lowest BCUT2D eigenvalue weighted by Gasteiger charge is -2.16. The van der Waals surface area contributed by atoms with E-state index in [-0.39, 0.29) is 0 Å². The molecular weight excluding hydrogens is 204 g/mol. The van der Waals surface area contributed by atoms with Gasteiger partial charge in [0.15, 0.2) is 5.82 Å². The predicted molar refractivity (Wildman–Crippen MR) is 62.7 cm³/mol. The molecule has 1 rings (SSSR count). The van der Waals surface area contributed by atoms with E-state index in [2.05, 4.69) is 28.9 Å². The van der Waals surface area contributed by atoms with Gasteiger partial charge in [-0.3, -0.25) is 4.90 Å². The van der Waals surface area contributed by atoms with E-state index in [0.29, 0.717) is 24.2 Å². The maximum Gasteiger partial charge on any atom is 0.240 e. The lowest BCUT2D eigenvalue weighted by molar-refractivity contribution is 0.244. The van der Waals surface area contributed by atoms with E-state index in [0.717, 1.165) is 6.54 Å². The lowest BCUT2D eigenvalue weighted by Crippen LogP contribution is -2.30. The molecule has 1 aromatic heterocycles. The summed E-state index contributed by atoms with van der Waals surface area (Å²) >= 11 is 0. The first kappa shape index (κ1) is 13.1. The zero-order valence-corrected chi connectivity index (χ0v) is 10.8. The van der Waals surface area contributed by atoms with E-state index >= 15 is 0 Å². The molecule has 0 bridgehead atoms. The average molecular weight is 226 g/mol. The third-order valence-electron chi connectivity index (χ3n) is 2.13. The number of hydrogen-bond acceptors (Lipinski definition) is 5. The van der Waals surface area contributed by atoms with Crippen molar-refractivity contribution in [1.82, 2.24) is 15.0 Å². The molecule has 0 fully saturated rings. The molecule has 0 unspecified atom stereocenters. The molecular formula is C11H22N4O.